The number of hydrogen-bond donors (Lipinski definition) is 2. The van der Waals surface area contributed by atoms with E-state index in [1.54, 1.807) is 11.8 Å². The van der Waals surface area contributed by atoms with Gasteiger partial charge in [0.05, 0.1) is 5.25 Å². The number of anilines is 1. The van der Waals surface area contributed by atoms with Crippen molar-refractivity contribution >= 4 is 23.4 Å². The number of thioether (sulfide) groups is 1. The van der Waals surface area contributed by atoms with Crippen molar-refractivity contribution in [1.29, 1.82) is 0 Å². The van der Waals surface area contributed by atoms with Crippen LogP contribution in [0.2, 0.25) is 0 Å². The highest BCUT2D eigenvalue weighted by Crippen LogP contribution is 2.27. The van der Waals surface area contributed by atoms with E-state index in [2.05, 4.69) is 5.32 Å². The van der Waals surface area contributed by atoms with Gasteiger partial charge in [-0.15, -0.1) is 11.8 Å². The molecule has 0 radical (unpaired) electrons. The summed E-state index contributed by atoms with van der Waals surface area (Å²) in [5.41, 5.74) is 7.44. The Kier molecular flexibility index (Phi) is 3.85. The zero-order valence-electron chi connectivity index (χ0n) is 9.11. The molecule has 86 valence electrons. The van der Waals surface area contributed by atoms with E-state index in [4.69, 9.17) is 5.73 Å². The van der Waals surface area contributed by atoms with Gasteiger partial charge in [0.1, 0.15) is 0 Å². The molecule has 0 bridgehead atoms. The van der Waals surface area contributed by atoms with Crippen LogP contribution in [0.15, 0.2) is 24.3 Å². The minimum absolute atomic E-state index is 0.122. The van der Waals surface area contributed by atoms with E-state index in [-0.39, 0.29) is 11.2 Å². The number of carbonyl (C=O) groups is 1. The van der Waals surface area contributed by atoms with Crippen LogP contribution in [-0.4, -0.2) is 16.9 Å². The molecule has 3 nitrogen and oxygen atoms in total. The van der Waals surface area contributed by atoms with Gasteiger partial charge in [-0.3, -0.25) is 4.79 Å². The molecule has 1 saturated heterocycles. The third kappa shape index (κ3) is 2.77. The van der Waals surface area contributed by atoms with E-state index in [1.807, 2.05) is 24.3 Å². The zero-order chi connectivity index (χ0) is 11.4. The van der Waals surface area contributed by atoms with E-state index in [0.717, 1.165) is 29.8 Å². The van der Waals surface area contributed by atoms with Gasteiger partial charge in [0, 0.05) is 12.2 Å². The minimum Gasteiger partial charge on any atom is -0.326 e. The van der Waals surface area contributed by atoms with E-state index in [9.17, 15) is 4.79 Å². The minimum atomic E-state index is 0.122. The summed E-state index contributed by atoms with van der Waals surface area (Å²) in [5, 5.41) is 3.07. The zero-order valence-corrected chi connectivity index (χ0v) is 9.93. The van der Waals surface area contributed by atoms with Gasteiger partial charge in [0.15, 0.2) is 0 Å². The monoisotopic (exact) mass is 236 g/mol. The number of nitrogens with one attached hydrogen (secondary N) is 1. The van der Waals surface area contributed by atoms with Gasteiger partial charge in [-0.25, -0.2) is 0 Å². The van der Waals surface area contributed by atoms with E-state index >= 15 is 0 Å². The lowest BCUT2D eigenvalue weighted by atomic mass is 10.2. The molecule has 1 fully saturated rings. The van der Waals surface area contributed by atoms with Crippen molar-refractivity contribution < 1.29 is 4.79 Å². The molecule has 1 unspecified atom stereocenters. The predicted octanol–water partition coefficient (Wildman–Crippen LogP) is 1.98. The molecule has 0 aromatic heterocycles. The molecular weight excluding hydrogens is 220 g/mol. The molecule has 0 saturated carbocycles. The van der Waals surface area contributed by atoms with E-state index < -0.39 is 0 Å². The first-order chi connectivity index (χ1) is 7.79. The molecule has 1 aromatic rings. The van der Waals surface area contributed by atoms with Crippen molar-refractivity contribution in [3.63, 3.8) is 0 Å². The number of carbonyl (C=O) groups excluding carboxylic acids is 1. The first-order valence-electron chi connectivity index (χ1n) is 5.51. The SMILES string of the molecule is NCc1cccc(NC(=O)C2CCCS2)c1. The summed E-state index contributed by atoms with van der Waals surface area (Å²) < 4.78 is 0. The van der Waals surface area contributed by atoms with Crippen LogP contribution in [-0.2, 0) is 11.3 Å². The maximum atomic E-state index is 11.9. The molecule has 0 aliphatic carbocycles. The average molecular weight is 236 g/mol. The summed E-state index contributed by atoms with van der Waals surface area (Å²) in [7, 11) is 0. The fourth-order valence-electron chi connectivity index (χ4n) is 1.78. The molecule has 1 atom stereocenters. The van der Waals surface area contributed by atoms with Gasteiger partial charge in [-0.1, -0.05) is 12.1 Å². The smallest absolute Gasteiger partial charge is 0.237 e. The summed E-state index contributed by atoms with van der Waals surface area (Å²) in [4.78, 5) is 11.9. The molecule has 1 aliphatic heterocycles. The van der Waals surface area contributed by atoms with Crippen LogP contribution >= 0.6 is 11.8 Å². The standard InChI is InChI=1S/C12H16N2OS/c13-8-9-3-1-4-10(7-9)14-12(15)11-5-2-6-16-11/h1,3-4,7,11H,2,5-6,8,13H2,(H,14,15). The van der Waals surface area contributed by atoms with Gasteiger partial charge >= 0.3 is 0 Å². The number of benzene rings is 1. The predicted molar refractivity (Wildman–Crippen MR) is 68.4 cm³/mol. The van der Waals surface area contributed by atoms with Crippen LogP contribution < -0.4 is 11.1 Å². The van der Waals surface area contributed by atoms with Crippen LogP contribution in [0.1, 0.15) is 18.4 Å². The lowest BCUT2D eigenvalue weighted by Crippen LogP contribution is -2.22. The van der Waals surface area contributed by atoms with Crippen LogP contribution in [0.25, 0.3) is 0 Å². The second-order valence-corrected chi connectivity index (χ2v) is 5.21. The second-order valence-electron chi connectivity index (χ2n) is 3.90. The molecule has 1 amide bonds. The summed E-state index contributed by atoms with van der Waals surface area (Å²) in [6.07, 6.45) is 2.14. The molecule has 1 aromatic carbocycles. The lowest BCUT2D eigenvalue weighted by molar-refractivity contribution is -0.115. The average Bonchev–Trinajstić information content (AvgIpc) is 2.83. The number of nitrogens with two attached hydrogens (primary N) is 1. The molecular formula is C12H16N2OS. The van der Waals surface area contributed by atoms with Gasteiger partial charge < -0.3 is 11.1 Å². The molecule has 0 spiro atoms. The number of amides is 1. The summed E-state index contributed by atoms with van der Waals surface area (Å²) in [6, 6.07) is 7.70. The summed E-state index contributed by atoms with van der Waals surface area (Å²) >= 11 is 1.74. The highest BCUT2D eigenvalue weighted by molar-refractivity contribution is 8.00. The normalized spacial score (nSPS) is 19.7. The largest absolute Gasteiger partial charge is 0.326 e. The van der Waals surface area contributed by atoms with Crippen LogP contribution in [0.5, 0.6) is 0 Å². The molecule has 1 heterocycles. The lowest BCUT2D eigenvalue weighted by Gasteiger charge is -2.10. The quantitative estimate of drug-likeness (QED) is 0.843. The fraction of sp³-hybridized carbons (Fsp3) is 0.417. The Morgan fingerprint density at radius 3 is 3.12 bits per heavy atom. The molecule has 1 aliphatic rings. The Morgan fingerprint density at radius 1 is 1.56 bits per heavy atom. The van der Waals surface area contributed by atoms with Crippen molar-refractivity contribution in [1.82, 2.24) is 0 Å². The Labute approximate surface area is 99.8 Å². The van der Waals surface area contributed by atoms with E-state index in [1.165, 1.54) is 0 Å². The first-order valence-corrected chi connectivity index (χ1v) is 6.56. The Bertz CT molecular complexity index is 375. The summed E-state index contributed by atoms with van der Waals surface area (Å²) in [6.45, 7) is 0.502. The Balaban J connectivity index is 1.99. The van der Waals surface area contributed by atoms with Crippen molar-refractivity contribution in [2.45, 2.75) is 24.6 Å². The third-order valence-corrected chi connectivity index (χ3v) is 4.03. The second kappa shape index (κ2) is 5.37. The van der Waals surface area contributed by atoms with Gasteiger partial charge in [-0.05, 0) is 36.3 Å². The van der Waals surface area contributed by atoms with Gasteiger partial charge in [0.2, 0.25) is 5.91 Å². The van der Waals surface area contributed by atoms with Crippen LogP contribution in [0, 0.1) is 0 Å². The first kappa shape index (κ1) is 11.5. The maximum absolute atomic E-state index is 11.9. The molecule has 3 N–H and O–H groups in total. The van der Waals surface area contributed by atoms with Gasteiger partial charge in [-0.2, -0.15) is 0 Å². The van der Waals surface area contributed by atoms with Gasteiger partial charge in [0.25, 0.3) is 0 Å². The fourth-order valence-corrected chi connectivity index (χ4v) is 2.94. The van der Waals surface area contributed by atoms with Crippen molar-refractivity contribution in [2.75, 3.05) is 11.1 Å². The van der Waals surface area contributed by atoms with Crippen molar-refractivity contribution in [3.05, 3.63) is 29.8 Å². The number of hydrogen-bond acceptors (Lipinski definition) is 3. The molecule has 16 heavy (non-hydrogen) atoms. The van der Waals surface area contributed by atoms with E-state index in [0.29, 0.717) is 6.54 Å². The maximum Gasteiger partial charge on any atom is 0.237 e. The van der Waals surface area contributed by atoms with Crippen molar-refractivity contribution in [2.24, 2.45) is 5.73 Å². The van der Waals surface area contributed by atoms with Crippen LogP contribution in [0.3, 0.4) is 0 Å². The van der Waals surface area contributed by atoms with Crippen molar-refractivity contribution in [3.8, 4) is 0 Å². The van der Waals surface area contributed by atoms with Crippen LogP contribution in [0.4, 0.5) is 5.69 Å². The highest BCUT2D eigenvalue weighted by atomic mass is 32.2. The molecule has 2 rings (SSSR count). The Morgan fingerprint density at radius 2 is 2.44 bits per heavy atom. The Hall–Kier alpha value is -1.00. The topological polar surface area (TPSA) is 55.1 Å². The summed E-state index contributed by atoms with van der Waals surface area (Å²) in [5.74, 6) is 1.22. The highest BCUT2D eigenvalue weighted by Gasteiger charge is 2.23. The third-order valence-electron chi connectivity index (χ3n) is 2.65. The number of rotatable bonds is 3. The molecule has 4 heteroatoms.